The number of carbonyl (C=O) groups excluding carboxylic acids is 2. The molecule has 90 valence electrons. The molecule has 0 saturated carbocycles. The zero-order valence-corrected chi connectivity index (χ0v) is 9.63. The second-order valence-corrected chi connectivity index (χ2v) is 3.87. The van der Waals surface area contributed by atoms with Crippen molar-refractivity contribution in [2.45, 2.75) is 26.8 Å². The van der Waals surface area contributed by atoms with Crippen LogP contribution in [0.5, 0.6) is 0 Å². The zero-order valence-electron chi connectivity index (χ0n) is 9.63. The maximum absolute atomic E-state index is 11.6. The third-order valence-electron chi connectivity index (χ3n) is 2.61. The minimum absolute atomic E-state index is 0.0369. The lowest BCUT2D eigenvalue weighted by Gasteiger charge is -2.04. The summed E-state index contributed by atoms with van der Waals surface area (Å²) in [5.41, 5.74) is 5.18. The summed E-state index contributed by atoms with van der Waals surface area (Å²) in [5, 5.41) is 13.2. The molecule has 1 aromatic heterocycles. The first kappa shape index (κ1) is 11.3. The molecule has 0 fully saturated rings. The van der Waals surface area contributed by atoms with Crippen LogP contribution < -0.4 is 10.7 Å². The van der Waals surface area contributed by atoms with Crippen molar-refractivity contribution in [2.24, 2.45) is 5.10 Å². The van der Waals surface area contributed by atoms with Gasteiger partial charge in [0.1, 0.15) is 5.71 Å². The van der Waals surface area contributed by atoms with Gasteiger partial charge in [-0.3, -0.25) is 14.7 Å². The SMILES string of the molecule is Cc1n[nH]c(C)c1CNC(=O)C1=NNC(=O)C1. The average molecular weight is 235 g/mol. The fraction of sp³-hybridized carbons (Fsp3) is 0.400. The number of carbonyl (C=O) groups is 2. The van der Waals surface area contributed by atoms with Crippen molar-refractivity contribution in [3.8, 4) is 0 Å². The number of nitrogens with one attached hydrogen (secondary N) is 3. The Morgan fingerprint density at radius 1 is 1.47 bits per heavy atom. The summed E-state index contributed by atoms with van der Waals surface area (Å²) in [6.07, 6.45) is 0.0369. The van der Waals surface area contributed by atoms with E-state index in [1.165, 1.54) is 0 Å². The van der Waals surface area contributed by atoms with Gasteiger partial charge in [0.2, 0.25) is 5.91 Å². The van der Waals surface area contributed by atoms with Gasteiger partial charge in [0.05, 0.1) is 12.1 Å². The van der Waals surface area contributed by atoms with Crippen LogP contribution in [0, 0.1) is 13.8 Å². The van der Waals surface area contributed by atoms with E-state index in [9.17, 15) is 9.59 Å². The molecule has 0 radical (unpaired) electrons. The highest BCUT2D eigenvalue weighted by molar-refractivity contribution is 6.43. The second-order valence-electron chi connectivity index (χ2n) is 3.87. The number of H-pyrrole nitrogens is 1. The van der Waals surface area contributed by atoms with E-state index < -0.39 is 0 Å². The lowest BCUT2D eigenvalue weighted by atomic mass is 10.2. The number of hydrazone groups is 1. The highest BCUT2D eigenvalue weighted by atomic mass is 16.2. The molecule has 1 aromatic rings. The van der Waals surface area contributed by atoms with Crippen LogP contribution in [0.15, 0.2) is 5.10 Å². The number of aromatic amines is 1. The summed E-state index contributed by atoms with van der Waals surface area (Å²) < 4.78 is 0. The summed E-state index contributed by atoms with van der Waals surface area (Å²) in [6, 6.07) is 0. The van der Waals surface area contributed by atoms with Crippen molar-refractivity contribution in [1.29, 1.82) is 0 Å². The van der Waals surface area contributed by atoms with Crippen molar-refractivity contribution in [1.82, 2.24) is 20.9 Å². The number of nitrogens with zero attached hydrogens (tertiary/aromatic N) is 2. The highest BCUT2D eigenvalue weighted by Gasteiger charge is 2.21. The molecule has 1 aliphatic heterocycles. The number of rotatable bonds is 3. The van der Waals surface area contributed by atoms with Crippen LogP contribution >= 0.6 is 0 Å². The Balaban J connectivity index is 1.95. The van der Waals surface area contributed by atoms with Crippen LogP contribution in [-0.4, -0.2) is 27.7 Å². The monoisotopic (exact) mass is 235 g/mol. The first-order chi connectivity index (χ1) is 8.08. The third kappa shape index (κ3) is 2.32. The topological polar surface area (TPSA) is 99.2 Å². The van der Waals surface area contributed by atoms with Crippen molar-refractivity contribution in [3.05, 3.63) is 17.0 Å². The van der Waals surface area contributed by atoms with E-state index in [1.807, 2.05) is 13.8 Å². The van der Waals surface area contributed by atoms with E-state index in [-0.39, 0.29) is 23.9 Å². The lowest BCUT2D eigenvalue weighted by molar-refractivity contribution is -0.120. The molecule has 0 bridgehead atoms. The van der Waals surface area contributed by atoms with Crippen LogP contribution in [0.25, 0.3) is 0 Å². The molecule has 2 amide bonds. The lowest BCUT2D eigenvalue weighted by Crippen LogP contribution is -2.30. The Kier molecular flexibility index (Phi) is 2.90. The molecule has 7 heteroatoms. The average Bonchev–Trinajstić information content (AvgIpc) is 2.84. The predicted molar refractivity (Wildman–Crippen MR) is 60.1 cm³/mol. The molecule has 0 aliphatic carbocycles. The predicted octanol–water partition coefficient (Wildman–Crippen LogP) is -0.481. The molecule has 0 saturated heterocycles. The maximum atomic E-state index is 11.6. The summed E-state index contributed by atoms with van der Waals surface area (Å²) in [4.78, 5) is 22.5. The molecule has 17 heavy (non-hydrogen) atoms. The fourth-order valence-electron chi connectivity index (χ4n) is 1.60. The molecule has 1 aliphatic rings. The molecule has 0 atom stereocenters. The van der Waals surface area contributed by atoms with Crippen LogP contribution in [0.4, 0.5) is 0 Å². The van der Waals surface area contributed by atoms with Gasteiger partial charge in [0, 0.05) is 17.8 Å². The standard InChI is InChI=1S/C10H13N5O2/c1-5-7(6(2)13-12-5)4-11-10(17)8-3-9(16)15-14-8/h3-4H2,1-2H3,(H,11,17)(H,12,13)(H,15,16). The van der Waals surface area contributed by atoms with Gasteiger partial charge in [-0.05, 0) is 13.8 Å². The van der Waals surface area contributed by atoms with Crippen molar-refractivity contribution in [3.63, 3.8) is 0 Å². The van der Waals surface area contributed by atoms with E-state index in [2.05, 4.69) is 26.0 Å². The molecule has 2 rings (SSSR count). The Labute approximate surface area is 97.7 Å². The Hall–Kier alpha value is -2.18. The second kappa shape index (κ2) is 4.36. The van der Waals surface area contributed by atoms with E-state index in [0.29, 0.717) is 6.54 Å². The molecule has 3 N–H and O–H groups in total. The van der Waals surface area contributed by atoms with Gasteiger partial charge in [0.25, 0.3) is 5.91 Å². The van der Waals surface area contributed by atoms with E-state index in [4.69, 9.17) is 0 Å². The van der Waals surface area contributed by atoms with E-state index in [1.54, 1.807) is 0 Å². The van der Waals surface area contributed by atoms with Gasteiger partial charge in [-0.15, -0.1) is 0 Å². The number of hydrogen-bond acceptors (Lipinski definition) is 4. The molecule has 0 unspecified atom stereocenters. The van der Waals surface area contributed by atoms with Gasteiger partial charge < -0.3 is 5.32 Å². The molecular formula is C10H13N5O2. The number of hydrogen-bond donors (Lipinski definition) is 3. The summed E-state index contributed by atoms with van der Waals surface area (Å²) in [5.74, 6) is -0.589. The molecule has 0 aromatic carbocycles. The first-order valence-corrected chi connectivity index (χ1v) is 5.22. The quantitative estimate of drug-likeness (QED) is 0.659. The molecule has 7 nitrogen and oxygen atoms in total. The Bertz CT molecular complexity index is 483. The van der Waals surface area contributed by atoms with Crippen LogP contribution in [-0.2, 0) is 16.1 Å². The number of aromatic nitrogens is 2. The summed E-state index contributed by atoms with van der Waals surface area (Å²) in [7, 11) is 0. The van der Waals surface area contributed by atoms with Crippen LogP contribution in [0.1, 0.15) is 23.4 Å². The smallest absolute Gasteiger partial charge is 0.268 e. The minimum Gasteiger partial charge on any atom is -0.347 e. The van der Waals surface area contributed by atoms with E-state index in [0.717, 1.165) is 17.0 Å². The highest BCUT2D eigenvalue weighted by Crippen LogP contribution is 2.08. The normalized spacial score (nSPS) is 14.5. The number of aryl methyl sites for hydroxylation is 2. The van der Waals surface area contributed by atoms with Gasteiger partial charge >= 0.3 is 0 Å². The Morgan fingerprint density at radius 2 is 2.24 bits per heavy atom. The molecular weight excluding hydrogens is 222 g/mol. The molecule has 2 heterocycles. The van der Waals surface area contributed by atoms with Crippen molar-refractivity contribution < 1.29 is 9.59 Å². The largest absolute Gasteiger partial charge is 0.347 e. The van der Waals surface area contributed by atoms with Gasteiger partial charge in [-0.25, -0.2) is 5.43 Å². The van der Waals surface area contributed by atoms with Crippen molar-refractivity contribution in [2.75, 3.05) is 0 Å². The summed E-state index contributed by atoms with van der Waals surface area (Å²) >= 11 is 0. The summed E-state index contributed by atoms with van der Waals surface area (Å²) in [6.45, 7) is 4.13. The van der Waals surface area contributed by atoms with Gasteiger partial charge in [0.15, 0.2) is 0 Å². The van der Waals surface area contributed by atoms with Crippen LogP contribution in [0.2, 0.25) is 0 Å². The molecule has 0 spiro atoms. The minimum atomic E-state index is -0.330. The van der Waals surface area contributed by atoms with Gasteiger partial charge in [-0.1, -0.05) is 0 Å². The zero-order chi connectivity index (χ0) is 12.4. The van der Waals surface area contributed by atoms with E-state index >= 15 is 0 Å². The number of amides is 2. The Morgan fingerprint density at radius 3 is 2.76 bits per heavy atom. The third-order valence-corrected chi connectivity index (χ3v) is 2.61. The maximum Gasteiger partial charge on any atom is 0.268 e. The van der Waals surface area contributed by atoms with Crippen LogP contribution in [0.3, 0.4) is 0 Å². The first-order valence-electron chi connectivity index (χ1n) is 5.22. The van der Waals surface area contributed by atoms with Gasteiger partial charge in [-0.2, -0.15) is 10.2 Å². The van der Waals surface area contributed by atoms with Crippen molar-refractivity contribution >= 4 is 17.5 Å². The fourth-order valence-corrected chi connectivity index (χ4v) is 1.60.